The van der Waals surface area contributed by atoms with E-state index in [2.05, 4.69) is 15.3 Å². The van der Waals surface area contributed by atoms with Crippen LogP contribution in [0.5, 0.6) is 0 Å². The van der Waals surface area contributed by atoms with Gasteiger partial charge in [-0.05, 0) is 0 Å². The summed E-state index contributed by atoms with van der Waals surface area (Å²) in [7, 11) is 0. The number of carbonyl (C=O) groups is 1. The van der Waals surface area contributed by atoms with Crippen LogP contribution in [0.1, 0.15) is 6.42 Å². The van der Waals surface area contributed by atoms with Crippen molar-refractivity contribution in [1.82, 2.24) is 5.32 Å². The van der Waals surface area contributed by atoms with Crippen molar-refractivity contribution in [3.63, 3.8) is 0 Å². The summed E-state index contributed by atoms with van der Waals surface area (Å²) in [6.07, 6.45) is 0.485. The molecule has 1 fully saturated rings. The highest BCUT2D eigenvalue weighted by molar-refractivity contribution is 5.92. The van der Waals surface area contributed by atoms with E-state index in [4.69, 9.17) is 17.2 Å². The number of amides is 1. The second-order valence-corrected chi connectivity index (χ2v) is 3.11. The van der Waals surface area contributed by atoms with Crippen molar-refractivity contribution in [3.8, 4) is 0 Å². The normalized spacial score (nSPS) is 21.9. The zero-order valence-electron chi connectivity index (χ0n) is 7.73. The van der Waals surface area contributed by atoms with Gasteiger partial charge in [-0.15, -0.1) is 0 Å². The SMILES string of the molecule is NC(N)=NC(N)=NCC1CNC(=O)C1. The molecule has 14 heavy (non-hydrogen) atoms. The van der Waals surface area contributed by atoms with E-state index in [1.54, 1.807) is 0 Å². The van der Waals surface area contributed by atoms with Gasteiger partial charge in [-0.3, -0.25) is 9.79 Å². The first-order valence-electron chi connectivity index (χ1n) is 4.24. The van der Waals surface area contributed by atoms with Crippen molar-refractivity contribution in [1.29, 1.82) is 0 Å². The molecule has 1 rings (SSSR count). The monoisotopic (exact) mass is 198 g/mol. The Hall–Kier alpha value is -1.79. The van der Waals surface area contributed by atoms with E-state index in [0.29, 0.717) is 19.5 Å². The molecule has 1 atom stereocenters. The Bertz CT molecular complexity index is 280. The standard InChI is InChI=1S/C7H14N6O/c8-6(9)13-7(10)12-3-4-1-5(14)11-2-4/h4H,1-3H2,(H,11,14)(H6,8,9,10,12,13). The number of aliphatic imine (C=N–C) groups is 2. The molecule has 78 valence electrons. The second kappa shape index (κ2) is 4.45. The van der Waals surface area contributed by atoms with Crippen molar-refractivity contribution in [3.05, 3.63) is 0 Å². The van der Waals surface area contributed by atoms with Crippen LogP contribution in [0.4, 0.5) is 0 Å². The summed E-state index contributed by atoms with van der Waals surface area (Å²) < 4.78 is 0. The quantitative estimate of drug-likeness (QED) is 0.293. The minimum atomic E-state index is -0.119. The van der Waals surface area contributed by atoms with Crippen molar-refractivity contribution in [2.45, 2.75) is 6.42 Å². The first-order valence-corrected chi connectivity index (χ1v) is 4.24. The zero-order chi connectivity index (χ0) is 10.6. The zero-order valence-corrected chi connectivity index (χ0v) is 7.73. The lowest BCUT2D eigenvalue weighted by molar-refractivity contribution is -0.119. The fourth-order valence-electron chi connectivity index (χ4n) is 1.18. The largest absolute Gasteiger partial charge is 0.370 e. The van der Waals surface area contributed by atoms with Gasteiger partial charge in [0, 0.05) is 25.4 Å². The Morgan fingerprint density at radius 1 is 1.50 bits per heavy atom. The number of hydrogen-bond acceptors (Lipinski definition) is 2. The summed E-state index contributed by atoms with van der Waals surface area (Å²) in [5.74, 6) is 0.164. The molecule has 1 unspecified atom stereocenters. The van der Waals surface area contributed by atoms with Crippen molar-refractivity contribution in [2.75, 3.05) is 13.1 Å². The number of nitrogens with two attached hydrogens (primary N) is 3. The molecule has 0 aliphatic carbocycles. The molecule has 1 aliphatic heterocycles. The van der Waals surface area contributed by atoms with Gasteiger partial charge in [0.15, 0.2) is 5.96 Å². The average molecular weight is 198 g/mol. The lowest BCUT2D eigenvalue weighted by atomic mass is 10.1. The van der Waals surface area contributed by atoms with E-state index >= 15 is 0 Å². The third kappa shape index (κ3) is 3.30. The van der Waals surface area contributed by atoms with Crippen LogP contribution >= 0.6 is 0 Å². The predicted molar refractivity (Wildman–Crippen MR) is 53.4 cm³/mol. The van der Waals surface area contributed by atoms with Crippen LogP contribution < -0.4 is 22.5 Å². The molecule has 0 spiro atoms. The van der Waals surface area contributed by atoms with Crippen LogP contribution in [0.25, 0.3) is 0 Å². The summed E-state index contributed by atoms with van der Waals surface area (Å²) in [4.78, 5) is 18.3. The van der Waals surface area contributed by atoms with Gasteiger partial charge in [-0.2, -0.15) is 4.99 Å². The fraction of sp³-hybridized carbons (Fsp3) is 0.571. The van der Waals surface area contributed by atoms with Crippen LogP contribution in [0.15, 0.2) is 9.98 Å². The highest BCUT2D eigenvalue weighted by atomic mass is 16.1. The summed E-state index contributed by atoms with van der Waals surface area (Å²) in [5.41, 5.74) is 15.6. The van der Waals surface area contributed by atoms with Crippen LogP contribution in [0, 0.1) is 5.92 Å². The Labute approximate surface area is 81.4 Å². The lowest BCUT2D eigenvalue weighted by Gasteiger charge is -2.01. The van der Waals surface area contributed by atoms with Gasteiger partial charge in [-0.1, -0.05) is 0 Å². The third-order valence-corrected chi connectivity index (χ3v) is 1.82. The predicted octanol–water partition coefficient (Wildman–Crippen LogP) is -2.29. The molecule has 7 nitrogen and oxygen atoms in total. The molecule has 0 aromatic carbocycles. The van der Waals surface area contributed by atoms with E-state index in [1.807, 2.05) is 0 Å². The van der Waals surface area contributed by atoms with Gasteiger partial charge in [0.05, 0.1) is 0 Å². The van der Waals surface area contributed by atoms with E-state index in [9.17, 15) is 4.79 Å². The molecule has 1 aliphatic rings. The fourth-order valence-corrected chi connectivity index (χ4v) is 1.18. The molecule has 1 amide bonds. The lowest BCUT2D eigenvalue weighted by Crippen LogP contribution is -2.26. The average Bonchev–Trinajstić information content (AvgIpc) is 2.47. The van der Waals surface area contributed by atoms with E-state index in [1.165, 1.54) is 0 Å². The summed E-state index contributed by atoms with van der Waals surface area (Å²) in [5, 5.41) is 2.70. The van der Waals surface area contributed by atoms with Crippen LogP contribution in [-0.4, -0.2) is 30.9 Å². The van der Waals surface area contributed by atoms with E-state index in [-0.39, 0.29) is 23.7 Å². The first kappa shape index (κ1) is 10.3. The molecular formula is C7H14N6O. The summed E-state index contributed by atoms with van der Waals surface area (Å²) >= 11 is 0. The van der Waals surface area contributed by atoms with Gasteiger partial charge < -0.3 is 22.5 Å². The van der Waals surface area contributed by atoms with Gasteiger partial charge in [0.2, 0.25) is 11.9 Å². The number of hydrogen-bond donors (Lipinski definition) is 4. The molecule has 1 saturated heterocycles. The van der Waals surface area contributed by atoms with Crippen molar-refractivity contribution < 1.29 is 4.79 Å². The smallest absolute Gasteiger partial charge is 0.220 e. The molecule has 7 heteroatoms. The maximum atomic E-state index is 10.8. The minimum Gasteiger partial charge on any atom is -0.370 e. The maximum Gasteiger partial charge on any atom is 0.220 e. The number of nitrogens with zero attached hydrogens (tertiary/aromatic N) is 2. The van der Waals surface area contributed by atoms with Gasteiger partial charge in [0.1, 0.15) is 0 Å². The molecule has 1 heterocycles. The Kier molecular flexibility index (Phi) is 3.27. The van der Waals surface area contributed by atoms with Gasteiger partial charge in [0.25, 0.3) is 0 Å². The van der Waals surface area contributed by atoms with E-state index < -0.39 is 0 Å². The van der Waals surface area contributed by atoms with Gasteiger partial charge >= 0.3 is 0 Å². The van der Waals surface area contributed by atoms with Crippen LogP contribution in [-0.2, 0) is 4.79 Å². The maximum absolute atomic E-state index is 10.8. The number of rotatable bonds is 2. The summed E-state index contributed by atoms with van der Waals surface area (Å²) in [6, 6.07) is 0. The van der Waals surface area contributed by atoms with Gasteiger partial charge in [-0.25, -0.2) is 0 Å². The van der Waals surface area contributed by atoms with Crippen LogP contribution in [0.3, 0.4) is 0 Å². The molecule has 7 N–H and O–H groups in total. The second-order valence-electron chi connectivity index (χ2n) is 3.11. The number of guanidine groups is 2. The highest BCUT2D eigenvalue weighted by Crippen LogP contribution is 2.08. The highest BCUT2D eigenvalue weighted by Gasteiger charge is 2.20. The third-order valence-electron chi connectivity index (χ3n) is 1.82. The van der Waals surface area contributed by atoms with Crippen molar-refractivity contribution >= 4 is 17.8 Å². The molecule has 0 radical (unpaired) electrons. The number of carbonyl (C=O) groups excluding carboxylic acids is 1. The molecule has 0 aromatic heterocycles. The molecular weight excluding hydrogens is 184 g/mol. The first-order chi connectivity index (χ1) is 6.58. The Morgan fingerprint density at radius 3 is 2.71 bits per heavy atom. The summed E-state index contributed by atoms with van der Waals surface area (Å²) in [6.45, 7) is 1.10. The Balaban J connectivity index is 2.39. The van der Waals surface area contributed by atoms with Crippen LogP contribution in [0.2, 0.25) is 0 Å². The molecule has 0 saturated carbocycles. The Morgan fingerprint density at radius 2 is 2.21 bits per heavy atom. The molecule has 0 aromatic rings. The van der Waals surface area contributed by atoms with E-state index in [0.717, 1.165) is 0 Å². The number of nitrogens with one attached hydrogen (secondary N) is 1. The van der Waals surface area contributed by atoms with Crippen molar-refractivity contribution in [2.24, 2.45) is 33.1 Å². The molecule has 0 bridgehead atoms. The minimum absolute atomic E-state index is 0.0457. The topological polar surface area (TPSA) is 132 Å².